The molecule has 0 aliphatic rings. The second-order valence-electron chi connectivity index (χ2n) is 4.80. The van der Waals surface area contributed by atoms with E-state index < -0.39 is 0 Å². The average Bonchev–Trinajstić information content (AvgIpc) is 2.38. The second-order valence-corrected chi connectivity index (χ2v) is 5.72. The average molecular weight is 321 g/mol. The van der Waals surface area contributed by atoms with E-state index in [2.05, 4.69) is 27.3 Å². The summed E-state index contributed by atoms with van der Waals surface area (Å²) in [5.41, 5.74) is 6.34. The van der Waals surface area contributed by atoms with Crippen molar-refractivity contribution in [1.29, 1.82) is 0 Å². The molecule has 0 saturated heterocycles. The Hall–Kier alpha value is -1.39. The minimum absolute atomic E-state index is 0.00871. The molecule has 0 aliphatic carbocycles. The first-order valence-corrected chi connectivity index (χ1v) is 7.07. The van der Waals surface area contributed by atoms with Crippen LogP contribution in [0.1, 0.15) is 13.3 Å². The third-order valence-corrected chi connectivity index (χ3v) is 3.52. The first-order valence-electron chi connectivity index (χ1n) is 6.27. The molecule has 2 aromatic rings. The van der Waals surface area contributed by atoms with E-state index in [1.54, 1.807) is 0 Å². The molecule has 1 unspecified atom stereocenters. The highest BCUT2D eigenvalue weighted by molar-refractivity contribution is 9.10. The number of carbonyl (C=O) groups excluding carboxylic acids is 1. The number of carbonyl (C=O) groups is 1. The lowest BCUT2D eigenvalue weighted by atomic mass is 10.1. The van der Waals surface area contributed by atoms with Crippen molar-refractivity contribution in [3.63, 3.8) is 0 Å². The van der Waals surface area contributed by atoms with Crippen LogP contribution in [0.2, 0.25) is 0 Å². The molecule has 0 radical (unpaired) electrons. The molecule has 0 heterocycles. The Morgan fingerprint density at radius 3 is 2.68 bits per heavy atom. The molecule has 0 aromatic heterocycles. The third kappa shape index (κ3) is 3.78. The zero-order chi connectivity index (χ0) is 13.8. The van der Waals surface area contributed by atoms with E-state index >= 15 is 0 Å². The van der Waals surface area contributed by atoms with Crippen molar-refractivity contribution < 1.29 is 4.79 Å². The molecule has 2 rings (SSSR count). The maximum Gasteiger partial charge on any atom is 0.224 e. The molecule has 100 valence electrons. The lowest BCUT2D eigenvalue weighted by Crippen LogP contribution is -2.20. The van der Waals surface area contributed by atoms with Crippen LogP contribution in [-0.4, -0.2) is 12.5 Å². The Labute approximate surface area is 121 Å². The van der Waals surface area contributed by atoms with Gasteiger partial charge in [-0.1, -0.05) is 35.0 Å². The van der Waals surface area contributed by atoms with Gasteiger partial charge in [0.15, 0.2) is 0 Å². The molecule has 0 spiro atoms. The molecule has 1 amide bonds. The third-order valence-electron chi connectivity index (χ3n) is 3.02. The van der Waals surface area contributed by atoms with Crippen molar-refractivity contribution in [2.24, 2.45) is 11.7 Å². The molecule has 4 heteroatoms. The maximum atomic E-state index is 11.8. The van der Waals surface area contributed by atoms with Crippen LogP contribution in [0.3, 0.4) is 0 Å². The molecule has 0 saturated carbocycles. The highest BCUT2D eigenvalue weighted by Gasteiger charge is 2.08. The number of anilines is 1. The Morgan fingerprint density at radius 1 is 1.26 bits per heavy atom. The molecule has 0 fully saturated rings. The summed E-state index contributed by atoms with van der Waals surface area (Å²) in [5.74, 6) is 0.214. The van der Waals surface area contributed by atoms with Crippen molar-refractivity contribution >= 4 is 38.3 Å². The molecular weight excluding hydrogens is 304 g/mol. The smallest absolute Gasteiger partial charge is 0.224 e. The predicted molar refractivity (Wildman–Crippen MR) is 83.1 cm³/mol. The van der Waals surface area contributed by atoms with Gasteiger partial charge >= 0.3 is 0 Å². The van der Waals surface area contributed by atoms with Gasteiger partial charge in [-0.2, -0.15) is 0 Å². The van der Waals surface area contributed by atoms with E-state index in [-0.39, 0.29) is 11.8 Å². The largest absolute Gasteiger partial charge is 0.330 e. The number of halogens is 1. The van der Waals surface area contributed by atoms with E-state index in [9.17, 15) is 4.79 Å². The first kappa shape index (κ1) is 14.0. The Kier molecular flexibility index (Phi) is 4.56. The number of amides is 1. The molecule has 19 heavy (non-hydrogen) atoms. The van der Waals surface area contributed by atoms with Gasteiger partial charge in [0.2, 0.25) is 5.91 Å². The Morgan fingerprint density at radius 2 is 1.95 bits per heavy atom. The summed E-state index contributed by atoms with van der Waals surface area (Å²) >= 11 is 3.44. The lowest BCUT2D eigenvalue weighted by Gasteiger charge is -2.10. The van der Waals surface area contributed by atoms with Crippen LogP contribution in [0, 0.1) is 5.92 Å². The van der Waals surface area contributed by atoms with Crippen molar-refractivity contribution in [1.82, 2.24) is 0 Å². The van der Waals surface area contributed by atoms with Crippen molar-refractivity contribution in [2.75, 3.05) is 11.9 Å². The summed E-state index contributed by atoms with van der Waals surface area (Å²) in [6.07, 6.45) is 0.453. The van der Waals surface area contributed by atoms with Gasteiger partial charge in [0.05, 0.1) is 0 Å². The molecule has 0 aliphatic heterocycles. The van der Waals surface area contributed by atoms with Gasteiger partial charge in [0.25, 0.3) is 0 Å². The summed E-state index contributed by atoms with van der Waals surface area (Å²) in [7, 11) is 0. The predicted octanol–water partition coefficient (Wildman–Crippen LogP) is 3.53. The van der Waals surface area contributed by atoms with Crippen LogP contribution in [0.4, 0.5) is 5.69 Å². The molecule has 0 bridgehead atoms. The van der Waals surface area contributed by atoms with Gasteiger partial charge in [-0.05, 0) is 47.5 Å². The van der Waals surface area contributed by atoms with E-state index in [4.69, 9.17) is 5.73 Å². The Bertz CT molecular complexity index is 598. The zero-order valence-corrected chi connectivity index (χ0v) is 12.4. The summed E-state index contributed by atoms with van der Waals surface area (Å²) < 4.78 is 1.05. The standard InChI is InChI=1S/C15H17BrN2O/c1-10(9-17)6-15(19)18-14-5-3-11-7-13(16)4-2-12(11)8-14/h2-5,7-8,10H,6,9,17H2,1H3,(H,18,19). The molecule has 3 nitrogen and oxygen atoms in total. The second kappa shape index (κ2) is 6.17. The van der Waals surface area contributed by atoms with E-state index in [0.29, 0.717) is 13.0 Å². The molecule has 1 atom stereocenters. The molecule has 3 N–H and O–H groups in total. The number of rotatable bonds is 4. The van der Waals surface area contributed by atoms with Gasteiger partial charge in [-0.3, -0.25) is 4.79 Å². The highest BCUT2D eigenvalue weighted by Crippen LogP contribution is 2.23. The topological polar surface area (TPSA) is 55.1 Å². The summed E-state index contributed by atoms with van der Waals surface area (Å²) in [6.45, 7) is 2.50. The monoisotopic (exact) mass is 320 g/mol. The van der Waals surface area contributed by atoms with Gasteiger partial charge < -0.3 is 11.1 Å². The zero-order valence-electron chi connectivity index (χ0n) is 10.8. The summed E-state index contributed by atoms with van der Waals surface area (Å²) in [5, 5.41) is 5.15. The Balaban J connectivity index is 2.13. The lowest BCUT2D eigenvalue weighted by molar-refractivity contribution is -0.116. The van der Waals surface area contributed by atoms with Crippen LogP contribution in [0.25, 0.3) is 10.8 Å². The fourth-order valence-electron chi connectivity index (χ4n) is 1.91. The minimum Gasteiger partial charge on any atom is -0.330 e. The van der Waals surface area contributed by atoms with Gasteiger partial charge in [-0.15, -0.1) is 0 Å². The summed E-state index contributed by atoms with van der Waals surface area (Å²) in [4.78, 5) is 11.8. The van der Waals surface area contributed by atoms with Crippen molar-refractivity contribution in [3.05, 3.63) is 40.9 Å². The fourth-order valence-corrected chi connectivity index (χ4v) is 2.28. The van der Waals surface area contributed by atoms with Crippen LogP contribution >= 0.6 is 15.9 Å². The number of nitrogens with two attached hydrogens (primary N) is 1. The quantitative estimate of drug-likeness (QED) is 0.905. The van der Waals surface area contributed by atoms with Crippen LogP contribution < -0.4 is 11.1 Å². The molecular formula is C15H17BrN2O. The van der Waals surface area contributed by atoms with Gasteiger partial charge in [-0.25, -0.2) is 0 Å². The number of hydrogen-bond donors (Lipinski definition) is 2. The normalized spacial score (nSPS) is 12.4. The molecule has 2 aromatic carbocycles. The fraction of sp³-hybridized carbons (Fsp3) is 0.267. The van der Waals surface area contributed by atoms with Gasteiger partial charge in [0, 0.05) is 16.6 Å². The van der Waals surface area contributed by atoms with E-state index in [0.717, 1.165) is 20.9 Å². The van der Waals surface area contributed by atoms with E-state index in [1.165, 1.54) is 0 Å². The SMILES string of the molecule is CC(CN)CC(=O)Nc1ccc2cc(Br)ccc2c1. The van der Waals surface area contributed by atoms with Crippen molar-refractivity contribution in [3.8, 4) is 0 Å². The minimum atomic E-state index is 0.00871. The van der Waals surface area contributed by atoms with Crippen LogP contribution in [0.15, 0.2) is 40.9 Å². The van der Waals surface area contributed by atoms with E-state index in [1.807, 2.05) is 37.3 Å². The number of nitrogens with one attached hydrogen (secondary N) is 1. The van der Waals surface area contributed by atoms with Crippen molar-refractivity contribution in [2.45, 2.75) is 13.3 Å². The van der Waals surface area contributed by atoms with Crippen LogP contribution in [-0.2, 0) is 4.79 Å². The summed E-state index contributed by atoms with van der Waals surface area (Å²) in [6, 6.07) is 12.0. The maximum absolute atomic E-state index is 11.8. The number of fused-ring (bicyclic) bond motifs is 1. The number of hydrogen-bond acceptors (Lipinski definition) is 2. The highest BCUT2D eigenvalue weighted by atomic mass is 79.9. The van der Waals surface area contributed by atoms with Gasteiger partial charge in [0.1, 0.15) is 0 Å². The van der Waals surface area contributed by atoms with Crippen LogP contribution in [0.5, 0.6) is 0 Å². The first-order chi connectivity index (χ1) is 9.08. The number of benzene rings is 2.